The minimum absolute atomic E-state index is 0. The molecule has 0 aromatic heterocycles. The van der Waals surface area contributed by atoms with E-state index in [2.05, 4.69) is 0 Å². The Hall–Kier alpha value is -0.420. The number of hydrogen-bond acceptors (Lipinski definition) is 3. The maximum atomic E-state index is 11.9. The number of nitrogens with zero attached hydrogens (tertiary/aromatic N) is 1. The van der Waals surface area contributed by atoms with Crippen molar-refractivity contribution in [2.24, 2.45) is 5.73 Å². The van der Waals surface area contributed by atoms with Crippen LogP contribution in [0.5, 0.6) is 0 Å². The van der Waals surface area contributed by atoms with Gasteiger partial charge >= 0.3 is 0 Å². The lowest BCUT2D eigenvalue weighted by atomic mass is 10.3. The predicted octanol–water partition coefficient (Wildman–Crippen LogP) is 2.80. The Kier molecular flexibility index (Phi) is 7.00. The fourth-order valence-electron chi connectivity index (χ4n) is 1.98. The minimum atomic E-state index is 0. The second kappa shape index (κ2) is 8.00. The van der Waals surface area contributed by atoms with Gasteiger partial charge in [-0.15, -0.1) is 24.2 Å². The maximum absolute atomic E-state index is 11.9. The molecule has 0 bridgehead atoms. The molecule has 2 rings (SSSR count). The van der Waals surface area contributed by atoms with E-state index in [1.165, 1.54) is 0 Å². The summed E-state index contributed by atoms with van der Waals surface area (Å²) in [4.78, 5) is 14.8. The first-order chi connectivity index (χ1) is 8.66. The monoisotopic (exact) mass is 320 g/mol. The van der Waals surface area contributed by atoms with E-state index in [0.29, 0.717) is 13.0 Å². The number of likely N-dealkylation sites (tertiary alicyclic amines) is 1. The van der Waals surface area contributed by atoms with E-state index >= 15 is 0 Å². The first kappa shape index (κ1) is 16.6. The molecule has 1 aliphatic rings. The normalized spacial score (nSPS) is 18.2. The van der Waals surface area contributed by atoms with E-state index in [1.54, 1.807) is 11.8 Å². The summed E-state index contributed by atoms with van der Waals surface area (Å²) >= 11 is 7.68. The molecule has 1 fully saturated rings. The molecule has 1 aliphatic heterocycles. The Morgan fingerprint density at radius 2 is 2.21 bits per heavy atom. The van der Waals surface area contributed by atoms with Crippen molar-refractivity contribution in [3.05, 3.63) is 29.3 Å². The van der Waals surface area contributed by atoms with Crippen molar-refractivity contribution in [3.63, 3.8) is 0 Å². The summed E-state index contributed by atoms with van der Waals surface area (Å²) in [6.45, 7) is 1.51. The van der Waals surface area contributed by atoms with Gasteiger partial charge < -0.3 is 10.6 Å². The van der Waals surface area contributed by atoms with Crippen molar-refractivity contribution < 1.29 is 4.79 Å². The SMILES string of the molecule is Cl.N[C@@H]1CCN(C(=O)CCSc2ccccc2Cl)C1. The van der Waals surface area contributed by atoms with Crippen LogP contribution in [0.3, 0.4) is 0 Å². The molecule has 0 saturated carbocycles. The maximum Gasteiger partial charge on any atom is 0.223 e. The zero-order valence-electron chi connectivity index (χ0n) is 10.5. The minimum Gasteiger partial charge on any atom is -0.341 e. The number of amides is 1. The molecule has 0 spiro atoms. The Morgan fingerprint density at radius 3 is 2.84 bits per heavy atom. The number of rotatable bonds is 4. The molecule has 2 N–H and O–H groups in total. The van der Waals surface area contributed by atoms with Crippen LogP contribution < -0.4 is 5.73 Å². The number of nitrogens with two attached hydrogens (primary N) is 1. The molecule has 106 valence electrons. The molecular formula is C13H18Cl2N2OS. The summed E-state index contributed by atoms with van der Waals surface area (Å²) in [6.07, 6.45) is 1.46. The molecule has 6 heteroatoms. The average Bonchev–Trinajstić information content (AvgIpc) is 2.78. The van der Waals surface area contributed by atoms with Crippen LogP contribution in [0, 0.1) is 0 Å². The van der Waals surface area contributed by atoms with Crippen LogP contribution in [0.25, 0.3) is 0 Å². The lowest BCUT2D eigenvalue weighted by Crippen LogP contribution is -2.32. The smallest absolute Gasteiger partial charge is 0.223 e. The van der Waals surface area contributed by atoms with Gasteiger partial charge in [-0.3, -0.25) is 4.79 Å². The Bertz CT molecular complexity index is 431. The second-order valence-electron chi connectivity index (χ2n) is 4.42. The highest BCUT2D eigenvalue weighted by Crippen LogP contribution is 2.27. The Balaban J connectivity index is 0.00000180. The molecule has 0 radical (unpaired) electrons. The molecule has 1 aromatic carbocycles. The number of thioether (sulfide) groups is 1. The highest BCUT2D eigenvalue weighted by molar-refractivity contribution is 7.99. The molecule has 1 saturated heterocycles. The third kappa shape index (κ3) is 4.88. The number of hydrogen-bond donors (Lipinski definition) is 1. The van der Waals surface area contributed by atoms with Crippen molar-refractivity contribution in [2.45, 2.75) is 23.8 Å². The van der Waals surface area contributed by atoms with Gasteiger partial charge in [-0.05, 0) is 18.6 Å². The van der Waals surface area contributed by atoms with Crippen LogP contribution >= 0.6 is 35.8 Å². The van der Waals surface area contributed by atoms with Crippen molar-refractivity contribution >= 4 is 41.7 Å². The van der Waals surface area contributed by atoms with Crippen LogP contribution in [-0.4, -0.2) is 35.7 Å². The summed E-state index contributed by atoms with van der Waals surface area (Å²) in [5, 5.41) is 0.748. The van der Waals surface area contributed by atoms with Gasteiger partial charge in [0, 0.05) is 36.2 Å². The van der Waals surface area contributed by atoms with E-state index in [0.717, 1.165) is 28.6 Å². The van der Waals surface area contributed by atoms with Crippen LogP contribution in [0.4, 0.5) is 0 Å². The first-order valence-electron chi connectivity index (χ1n) is 6.07. The summed E-state index contributed by atoms with van der Waals surface area (Å²) < 4.78 is 0. The first-order valence-corrected chi connectivity index (χ1v) is 7.44. The quantitative estimate of drug-likeness (QED) is 0.868. The average molecular weight is 321 g/mol. The molecule has 1 amide bonds. The molecule has 0 aliphatic carbocycles. The summed E-state index contributed by atoms with van der Waals surface area (Å²) in [7, 11) is 0. The highest BCUT2D eigenvalue weighted by Gasteiger charge is 2.22. The summed E-state index contributed by atoms with van der Waals surface area (Å²) in [5.41, 5.74) is 5.79. The van der Waals surface area contributed by atoms with Crippen LogP contribution in [-0.2, 0) is 4.79 Å². The van der Waals surface area contributed by atoms with Gasteiger partial charge in [-0.25, -0.2) is 0 Å². The van der Waals surface area contributed by atoms with Crippen molar-refractivity contribution in [2.75, 3.05) is 18.8 Å². The molecule has 3 nitrogen and oxygen atoms in total. The number of benzene rings is 1. The van der Waals surface area contributed by atoms with Gasteiger partial charge in [0.05, 0.1) is 5.02 Å². The number of carbonyl (C=O) groups excluding carboxylic acids is 1. The van der Waals surface area contributed by atoms with Crippen molar-refractivity contribution in [1.82, 2.24) is 4.90 Å². The lowest BCUT2D eigenvalue weighted by Gasteiger charge is -2.15. The van der Waals surface area contributed by atoms with Crippen LogP contribution in [0.15, 0.2) is 29.2 Å². The summed E-state index contributed by atoms with van der Waals surface area (Å²) in [6, 6.07) is 7.86. The zero-order chi connectivity index (χ0) is 13.0. The Labute approximate surface area is 129 Å². The van der Waals surface area contributed by atoms with E-state index in [4.69, 9.17) is 17.3 Å². The molecule has 1 heterocycles. The Morgan fingerprint density at radius 1 is 1.47 bits per heavy atom. The van der Waals surface area contributed by atoms with E-state index in [1.807, 2.05) is 29.2 Å². The van der Waals surface area contributed by atoms with E-state index in [-0.39, 0.29) is 24.4 Å². The van der Waals surface area contributed by atoms with E-state index < -0.39 is 0 Å². The zero-order valence-corrected chi connectivity index (χ0v) is 12.9. The molecule has 0 unspecified atom stereocenters. The molecule has 19 heavy (non-hydrogen) atoms. The van der Waals surface area contributed by atoms with Crippen LogP contribution in [0.1, 0.15) is 12.8 Å². The largest absolute Gasteiger partial charge is 0.341 e. The molecule has 1 aromatic rings. The summed E-state index contributed by atoms with van der Waals surface area (Å²) in [5.74, 6) is 0.955. The van der Waals surface area contributed by atoms with Crippen molar-refractivity contribution in [1.29, 1.82) is 0 Å². The fourth-order valence-corrected chi connectivity index (χ4v) is 3.16. The van der Waals surface area contributed by atoms with Gasteiger partial charge in [0.25, 0.3) is 0 Å². The number of halogens is 2. The van der Waals surface area contributed by atoms with Gasteiger partial charge in [-0.2, -0.15) is 0 Å². The van der Waals surface area contributed by atoms with Gasteiger partial charge in [0.2, 0.25) is 5.91 Å². The predicted molar refractivity (Wildman–Crippen MR) is 83.2 cm³/mol. The fraction of sp³-hybridized carbons (Fsp3) is 0.462. The number of carbonyl (C=O) groups is 1. The third-order valence-electron chi connectivity index (χ3n) is 2.99. The van der Waals surface area contributed by atoms with Crippen LogP contribution in [0.2, 0.25) is 5.02 Å². The third-order valence-corrected chi connectivity index (χ3v) is 4.50. The lowest BCUT2D eigenvalue weighted by molar-refractivity contribution is -0.129. The van der Waals surface area contributed by atoms with Crippen molar-refractivity contribution in [3.8, 4) is 0 Å². The molecule has 1 atom stereocenters. The topological polar surface area (TPSA) is 46.3 Å². The van der Waals surface area contributed by atoms with Gasteiger partial charge in [0.15, 0.2) is 0 Å². The van der Waals surface area contributed by atoms with E-state index in [9.17, 15) is 4.79 Å². The molecular weight excluding hydrogens is 303 g/mol. The van der Waals surface area contributed by atoms with Gasteiger partial charge in [-0.1, -0.05) is 23.7 Å². The second-order valence-corrected chi connectivity index (χ2v) is 5.96. The standard InChI is InChI=1S/C13H17ClN2OS.ClH/c14-11-3-1-2-4-12(11)18-8-6-13(17)16-7-5-10(15)9-16;/h1-4,10H,5-9,15H2;1H/t10-;/m1./s1. The highest BCUT2D eigenvalue weighted by atomic mass is 35.5. The van der Waals surface area contributed by atoms with Gasteiger partial charge in [0.1, 0.15) is 0 Å².